The van der Waals surface area contributed by atoms with E-state index in [0.717, 1.165) is 16.3 Å². The Balaban J connectivity index is 1.24. The van der Waals surface area contributed by atoms with Crippen LogP contribution in [-0.4, -0.2) is 32.7 Å². The lowest BCUT2D eigenvalue weighted by Crippen LogP contribution is -2.17. The lowest BCUT2D eigenvalue weighted by atomic mass is 10.1. The van der Waals surface area contributed by atoms with Crippen LogP contribution in [0.5, 0.6) is 5.75 Å². The van der Waals surface area contributed by atoms with Gasteiger partial charge in [0, 0.05) is 23.1 Å². The maximum atomic E-state index is 12.4. The van der Waals surface area contributed by atoms with Gasteiger partial charge in [-0.15, -0.1) is 0 Å². The van der Waals surface area contributed by atoms with Crippen molar-refractivity contribution in [3.8, 4) is 5.75 Å². The van der Waals surface area contributed by atoms with E-state index in [1.807, 2.05) is 43.3 Å². The number of hydrogen-bond acceptors (Lipinski definition) is 7. The van der Waals surface area contributed by atoms with Gasteiger partial charge in [0.2, 0.25) is 5.91 Å². The van der Waals surface area contributed by atoms with Crippen LogP contribution in [0, 0.1) is 6.92 Å². The van der Waals surface area contributed by atoms with Gasteiger partial charge in [-0.25, -0.2) is 0 Å². The number of carbonyl (C=O) groups excluding carboxylic acids is 3. The van der Waals surface area contributed by atoms with Crippen molar-refractivity contribution in [1.82, 2.24) is 0 Å². The fraction of sp³-hybridized carbons (Fsp3) is 0.138. The molecule has 0 aliphatic rings. The molecule has 1 amide bonds. The minimum absolute atomic E-state index is 0.0148. The van der Waals surface area contributed by atoms with Gasteiger partial charge in [-0.3, -0.25) is 14.4 Å². The fourth-order valence-corrected chi connectivity index (χ4v) is 4.57. The van der Waals surface area contributed by atoms with E-state index in [4.69, 9.17) is 8.92 Å². The quantitative estimate of drug-likeness (QED) is 0.173. The molecule has 8 nitrogen and oxygen atoms in total. The van der Waals surface area contributed by atoms with Crippen molar-refractivity contribution in [2.45, 2.75) is 24.7 Å². The maximum absolute atomic E-state index is 12.4. The Labute approximate surface area is 220 Å². The molecule has 0 saturated carbocycles. The second kappa shape index (κ2) is 11.7. The van der Waals surface area contributed by atoms with Crippen molar-refractivity contribution in [3.63, 3.8) is 0 Å². The topological polar surface area (TPSA) is 116 Å². The molecule has 4 aromatic rings. The molecule has 1 N–H and O–H groups in total. The Hall–Kier alpha value is -4.50. The summed E-state index contributed by atoms with van der Waals surface area (Å²) in [7, 11) is -4.02. The monoisotopic (exact) mass is 531 g/mol. The van der Waals surface area contributed by atoms with E-state index in [-0.39, 0.29) is 35.0 Å². The molecule has 0 aliphatic carbocycles. The highest BCUT2D eigenvalue weighted by atomic mass is 32.2. The number of nitrogens with one attached hydrogen (secondary N) is 1. The van der Waals surface area contributed by atoms with E-state index in [9.17, 15) is 22.8 Å². The van der Waals surface area contributed by atoms with E-state index >= 15 is 0 Å². The van der Waals surface area contributed by atoms with Crippen LogP contribution in [0.4, 0.5) is 5.69 Å². The van der Waals surface area contributed by atoms with E-state index in [2.05, 4.69) is 5.32 Å². The van der Waals surface area contributed by atoms with Gasteiger partial charge in [0.25, 0.3) is 0 Å². The highest BCUT2D eigenvalue weighted by molar-refractivity contribution is 7.87. The van der Waals surface area contributed by atoms with Crippen molar-refractivity contribution in [2.75, 3.05) is 11.9 Å². The largest absolute Gasteiger partial charge is 0.457 e. The number of ether oxygens (including phenoxy) is 1. The first kappa shape index (κ1) is 26.6. The number of amides is 1. The SMILES string of the molecule is Cc1ccc(S(=O)(=O)Oc2ccc(C(=O)COC(=O)CCC(=O)Nc3cccc4ccccc34)cc2)cc1. The molecule has 194 valence electrons. The first-order chi connectivity index (χ1) is 18.2. The van der Waals surface area contributed by atoms with Crippen molar-refractivity contribution < 1.29 is 31.7 Å². The maximum Gasteiger partial charge on any atom is 0.339 e. The summed E-state index contributed by atoms with van der Waals surface area (Å²) in [4.78, 5) is 36.8. The number of esters is 1. The molecule has 4 rings (SSSR count). The molecule has 0 heterocycles. The first-order valence-electron chi connectivity index (χ1n) is 11.8. The summed E-state index contributed by atoms with van der Waals surface area (Å²) in [5.74, 6) is -1.47. The van der Waals surface area contributed by atoms with Gasteiger partial charge >= 0.3 is 16.1 Å². The number of Topliss-reactive ketones (excluding diaryl/α,β-unsaturated/α-hetero) is 1. The fourth-order valence-electron chi connectivity index (χ4n) is 3.64. The van der Waals surface area contributed by atoms with Gasteiger partial charge in [0.05, 0.1) is 6.42 Å². The summed E-state index contributed by atoms with van der Waals surface area (Å²) < 4.78 is 34.9. The highest BCUT2D eigenvalue weighted by Crippen LogP contribution is 2.23. The van der Waals surface area contributed by atoms with Gasteiger partial charge in [-0.2, -0.15) is 8.42 Å². The number of benzene rings is 4. The number of rotatable bonds is 10. The van der Waals surface area contributed by atoms with Crippen LogP contribution in [0.15, 0.2) is 95.9 Å². The van der Waals surface area contributed by atoms with Crippen molar-refractivity contribution >= 4 is 44.2 Å². The zero-order chi connectivity index (χ0) is 27.1. The van der Waals surface area contributed by atoms with Crippen molar-refractivity contribution in [2.24, 2.45) is 0 Å². The summed E-state index contributed by atoms with van der Waals surface area (Å²) in [6.07, 6.45) is -0.286. The lowest BCUT2D eigenvalue weighted by molar-refractivity contribution is -0.143. The highest BCUT2D eigenvalue weighted by Gasteiger charge is 2.17. The van der Waals surface area contributed by atoms with E-state index in [1.165, 1.54) is 36.4 Å². The molecule has 4 aromatic carbocycles. The molecule has 0 radical (unpaired) electrons. The Morgan fingerprint density at radius 2 is 1.47 bits per heavy atom. The Morgan fingerprint density at radius 1 is 0.789 bits per heavy atom. The van der Waals surface area contributed by atoms with E-state index < -0.39 is 28.5 Å². The normalized spacial score (nSPS) is 11.1. The minimum Gasteiger partial charge on any atom is -0.457 e. The van der Waals surface area contributed by atoms with Crippen LogP contribution in [0.1, 0.15) is 28.8 Å². The van der Waals surface area contributed by atoms with Gasteiger partial charge in [-0.1, -0.05) is 54.1 Å². The summed E-state index contributed by atoms with van der Waals surface area (Å²) in [6.45, 7) is 1.33. The van der Waals surface area contributed by atoms with Gasteiger partial charge < -0.3 is 14.2 Å². The molecule has 0 spiro atoms. The smallest absolute Gasteiger partial charge is 0.339 e. The molecule has 0 unspecified atom stereocenters. The van der Waals surface area contributed by atoms with E-state index in [0.29, 0.717) is 5.69 Å². The third-order valence-corrected chi connectivity index (χ3v) is 6.94. The molecule has 0 aromatic heterocycles. The summed E-state index contributed by atoms with van der Waals surface area (Å²) in [5, 5.41) is 4.67. The Kier molecular flexibility index (Phi) is 8.18. The molecule has 0 bridgehead atoms. The molecular formula is C29H25NO7S. The third-order valence-electron chi connectivity index (χ3n) is 5.68. The third kappa shape index (κ3) is 6.83. The van der Waals surface area contributed by atoms with Crippen LogP contribution in [-0.2, 0) is 24.4 Å². The summed E-state index contributed by atoms with van der Waals surface area (Å²) in [6, 6.07) is 24.9. The molecule has 9 heteroatoms. The van der Waals surface area contributed by atoms with Crippen LogP contribution < -0.4 is 9.50 Å². The Bertz CT molecular complexity index is 1570. The molecule has 0 fully saturated rings. The number of fused-ring (bicyclic) bond motifs is 1. The zero-order valence-electron chi connectivity index (χ0n) is 20.5. The molecular weight excluding hydrogens is 506 g/mol. The standard InChI is InChI=1S/C29H25NO7S/c1-20-9-15-24(16-10-20)38(34,35)37-23-13-11-22(12-14-23)27(31)19-36-29(33)18-17-28(32)30-26-8-4-6-21-5-2-3-7-25(21)26/h2-16H,17-19H2,1H3,(H,30,32). The molecule has 0 atom stereocenters. The predicted octanol–water partition coefficient (Wildman–Crippen LogP) is 5.06. The predicted molar refractivity (Wildman–Crippen MR) is 143 cm³/mol. The second-order valence-corrected chi connectivity index (χ2v) is 10.1. The molecule has 0 saturated heterocycles. The minimum atomic E-state index is -4.02. The number of carbonyl (C=O) groups is 3. The summed E-state index contributed by atoms with van der Waals surface area (Å²) in [5.41, 5.74) is 1.78. The van der Waals surface area contributed by atoms with Crippen LogP contribution in [0.2, 0.25) is 0 Å². The number of hydrogen-bond donors (Lipinski definition) is 1. The number of ketones is 1. The second-order valence-electron chi connectivity index (χ2n) is 8.53. The van der Waals surface area contributed by atoms with Crippen LogP contribution in [0.25, 0.3) is 10.8 Å². The van der Waals surface area contributed by atoms with Gasteiger partial charge in [0.1, 0.15) is 10.6 Å². The van der Waals surface area contributed by atoms with Crippen molar-refractivity contribution in [3.05, 3.63) is 102 Å². The lowest BCUT2D eigenvalue weighted by Gasteiger charge is -2.09. The van der Waals surface area contributed by atoms with Crippen LogP contribution in [0.3, 0.4) is 0 Å². The average molecular weight is 532 g/mol. The first-order valence-corrected chi connectivity index (χ1v) is 13.2. The average Bonchev–Trinajstić information content (AvgIpc) is 2.91. The number of aryl methyl sites for hydroxylation is 1. The van der Waals surface area contributed by atoms with E-state index in [1.54, 1.807) is 18.2 Å². The van der Waals surface area contributed by atoms with Crippen molar-refractivity contribution in [1.29, 1.82) is 0 Å². The molecule has 0 aliphatic heterocycles. The summed E-state index contributed by atoms with van der Waals surface area (Å²) >= 11 is 0. The van der Waals surface area contributed by atoms with Gasteiger partial charge in [0.15, 0.2) is 12.4 Å². The zero-order valence-corrected chi connectivity index (χ0v) is 21.4. The van der Waals surface area contributed by atoms with Gasteiger partial charge in [-0.05, 0) is 54.8 Å². The molecule has 38 heavy (non-hydrogen) atoms. The number of anilines is 1. The van der Waals surface area contributed by atoms with Crippen LogP contribution >= 0.6 is 0 Å². The Morgan fingerprint density at radius 3 is 2.21 bits per heavy atom.